The lowest BCUT2D eigenvalue weighted by atomic mass is 10.1. The Morgan fingerprint density at radius 2 is 2.11 bits per heavy atom. The van der Waals surface area contributed by atoms with Crippen LogP contribution >= 0.6 is 11.3 Å². The number of H-pyrrole nitrogens is 1. The maximum absolute atomic E-state index is 13.1. The normalized spacial score (nSPS) is 18.4. The first-order valence-electron chi connectivity index (χ1n) is 11.9. The quantitative estimate of drug-likeness (QED) is 0.568. The highest BCUT2D eigenvalue weighted by molar-refractivity contribution is 7.15. The van der Waals surface area contributed by atoms with E-state index in [1.165, 1.54) is 0 Å². The fraction of sp³-hybridized carbons (Fsp3) is 0.480. The number of amides is 2. The zero-order valence-corrected chi connectivity index (χ0v) is 21.1. The summed E-state index contributed by atoms with van der Waals surface area (Å²) in [6.07, 6.45) is 0.396. The average Bonchev–Trinajstić information content (AvgIpc) is 3.44. The molecule has 186 valence electrons. The molecule has 1 aromatic carbocycles. The molecule has 2 aliphatic heterocycles. The maximum Gasteiger partial charge on any atom is 0.410 e. The topological polar surface area (TPSA) is 99.8 Å². The molecule has 1 unspecified atom stereocenters. The number of thiazole rings is 1. The number of para-hydroxylation sites is 1. The Hall–Kier alpha value is -3.11. The molecule has 1 atom stereocenters. The Morgan fingerprint density at radius 1 is 1.29 bits per heavy atom. The second-order valence-electron chi connectivity index (χ2n) is 9.92. The van der Waals surface area contributed by atoms with E-state index >= 15 is 0 Å². The molecular weight excluding hydrogens is 466 g/mol. The van der Waals surface area contributed by atoms with Gasteiger partial charge in [0.1, 0.15) is 11.3 Å². The average molecular weight is 498 g/mol. The van der Waals surface area contributed by atoms with E-state index < -0.39 is 5.60 Å². The van der Waals surface area contributed by atoms with Gasteiger partial charge in [0.2, 0.25) is 0 Å². The van der Waals surface area contributed by atoms with Gasteiger partial charge in [-0.3, -0.25) is 9.69 Å². The summed E-state index contributed by atoms with van der Waals surface area (Å²) < 4.78 is 11.2. The molecule has 5 rings (SSSR count). The molecule has 2 aliphatic rings. The minimum Gasteiger partial charge on any atom is -0.444 e. The lowest BCUT2D eigenvalue weighted by Crippen LogP contribution is -2.53. The summed E-state index contributed by atoms with van der Waals surface area (Å²) in [5.41, 5.74) is 2.06. The van der Waals surface area contributed by atoms with E-state index in [1.807, 2.05) is 56.0 Å². The third-order valence-corrected chi connectivity index (χ3v) is 7.16. The smallest absolute Gasteiger partial charge is 0.410 e. The molecule has 3 aromatic rings. The summed E-state index contributed by atoms with van der Waals surface area (Å²) >= 11 is 1.56. The molecule has 2 aromatic heterocycles. The van der Waals surface area contributed by atoms with Gasteiger partial charge in [-0.1, -0.05) is 29.5 Å². The molecule has 10 heteroatoms. The molecule has 0 aliphatic carbocycles. The molecule has 0 saturated carbocycles. The summed E-state index contributed by atoms with van der Waals surface area (Å²) in [6.45, 7) is 8.74. The largest absolute Gasteiger partial charge is 0.444 e. The van der Waals surface area contributed by atoms with Crippen LogP contribution in [0.3, 0.4) is 0 Å². The number of fused-ring (bicyclic) bond motifs is 2. The first-order chi connectivity index (χ1) is 16.8. The monoisotopic (exact) mass is 497 g/mol. The van der Waals surface area contributed by atoms with Crippen molar-refractivity contribution >= 4 is 39.4 Å². The van der Waals surface area contributed by atoms with Crippen LogP contribution in [0.25, 0.3) is 10.9 Å². The summed E-state index contributed by atoms with van der Waals surface area (Å²) in [5.74, 6) is 0.00196. The summed E-state index contributed by atoms with van der Waals surface area (Å²) in [4.78, 5) is 38.4. The third-order valence-electron chi connectivity index (χ3n) is 6.12. The molecule has 2 amide bonds. The van der Waals surface area contributed by atoms with Crippen LogP contribution in [0.1, 0.15) is 41.8 Å². The van der Waals surface area contributed by atoms with Gasteiger partial charge < -0.3 is 24.7 Å². The van der Waals surface area contributed by atoms with Crippen molar-refractivity contribution in [1.82, 2.24) is 19.8 Å². The first kappa shape index (κ1) is 23.6. The van der Waals surface area contributed by atoms with Crippen LogP contribution in [0, 0.1) is 0 Å². The summed E-state index contributed by atoms with van der Waals surface area (Å²) in [5, 5.41) is 5.21. The Bertz CT molecular complexity index is 1200. The van der Waals surface area contributed by atoms with Crippen LogP contribution < -0.4 is 5.32 Å². The number of ether oxygens (including phenoxy) is 2. The van der Waals surface area contributed by atoms with Gasteiger partial charge in [-0.2, -0.15) is 0 Å². The van der Waals surface area contributed by atoms with Gasteiger partial charge in [0.05, 0.1) is 31.5 Å². The lowest BCUT2D eigenvalue weighted by Gasteiger charge is -2.36. The number of nitrogens with zero attached hydrogens (tertiary/aromatic N) is 3. The van der Waals surface area contributed by atoms with Gasteiger partial charge in [-0.25, -0.2) is 9.78 Å². The van der Waals surface area contributed by atoms with Crippen molar-refractivity contribution in [3.8, 4) is 0 Å². The van der Waals surface area contributed by atoms with E-state index in [2.05, 4.69) is 10.3 Å². The standard InChI is InChI=1S/C25H31N5O4S/c1-25(2,3)34-24(32)30-10-11-33-15-17(30)13-26-23-28-19-8-9-29(14-21(19)35-23)22(31)20-12-16-6-4-5-7-18(16)27-20/h4-7,12,17,27H,8-11,13-15H2,1-3H3,(H,26,28). The van der Waals surface area contributed by atoms with Crippen molar-refractivity contribution in [2.24, 2.45) is 0 Å². The molecule has 4 heterocycles. The number of hydrogen-bond donors (Lipinski definition) is 2. The van der Waals surface area contributed by atoms with Crippen LogP contribution in [0.5, 0.6) is 0 Å². The van der Waals surface area contributed by atoms with Gasteiger partial charge in [-0.15, -0.1) is 0 Å². The number of rotatable bonds is 4. The molecule has 35 heavy (non-hydrogen) atoms. The van der Waals surface area contributed by atoms with Crippen LogP contribution in [0.4, 0.5) is 9.93 Å². The van der Waals surface area contributed by atoms with Gasteiger partial charge in [-0.05, 0) is 32.9 Å². The Balaban J connectivity index is 1.22. The number of anilines is 1. The molecule has 2 N–H and O–H groups in total. The summed E-state index contributed by atoms with van der Waals surface area (Å²) in [6, 6.07) is 9.67. The number of carbonyl (C=O) groups excluding carboxylic acids is 2. The minimum absolute atomic E-state index is 0.00196. The Labute approximate surface area is 208 Å². The Kier molecular flexibility index (Phi) is 6.41. The molecule has 0 radical (unpaired) electrons. The van der Waals surface area contributed by atoms with Gasteiger partial charge in [0.25, 0.3) is 5.91 Å². The number of carbonyl (C=O) groups is 2. The fourth-order valence-corrected chi connectivity index (χ4v) is 5.42. The Morgan fingerprint density at radius 3 is 2.91 bits per heavy atom. The van der Waals surface area contributed by atoms with Crippen LogP contribution in [0.2, 0.25) is 0 Å². The van der Waals surface area contributed by atoms with Crippen molar-refractivity contribution in [3.05, 3.63) is 46.6 Å². The third kappa shape index (κ3) is 5.28. The first-order valence-corrected chi connectivity index (χ1v) is 12.8. The summed E-state index contributed by atoms with van der Waals surface area (Å²) in [7, 11) is 0. The second-order valence-corrected chi connectivity index (χ2v) is 11.0. The van der Waals surface area contributed by atoms with Crippen molar-refractivity contribution < 1.29 is 19.1 Å². The van der Waals surface area contributed by atoms with Crippen LogP contribution in [0.15, 0.2) is 30.3 Å². The molecule has 1 fully saturated rings. The van der Waals surface area contributed by atoms with E-state index in [9.17, 15) is 9.59 Å². The molecule has 0 bridgehead atoms. The highest BCUT2D eigenvalue weighted by atomic mass is 32.1. The van der Waals surface area contributed by atoms with Crippen LogP contribution in [-0.4, -0.2) is 76.3 Å². The van der Waals surface area contributed by atoms with Crippen molar-refractivity contribution in [2.75, 3.05) is 38.2 Å². The van der Waals surface area contributed by atoms with Crippen molar-refractivity contribution in [1.29, 1.82) is 0 Å². The zero-order valence-electron chi connectivity index (χ0n) is 20.3. The zero-order chi connectivity index (χ0) is 24.6. The predicted molar refractivity (Wildman–Crippen MR) is 135 cm³/mol. The number of benzene rings is 1. The van der Waals surface area contributed by atoms with Gasteiger partial charge in [0.15, 0.2) is 5.13 Å². The fourth-order valence-electron chi connectivity index (χ4n) is 4.39. The minimum atomic E-state index is -0.544. The maximum atomic E-state index is 13.1. The van der Waals surface area contributed by atoms with Gasteiger partial charge in [0, 0.05) is 41.8 Å². The molecular formula is C25H31N5O4S. The predicted octanol–water partition coefficient (Wildman–Crippen LogP) is 3.87. The second kappa shape index (κ2) is 9.50. The van der Waals surface area contributed by atoms with E-state index in [1.54, 1.807) is 16.2 Å². The van der Waals surface area contributed by atoms with Crippen LogP contribution in [-0.2, 0) is 22.4 Å². The number of nitrogens with one attached hydrogen (secondary N) is 2. The highest BCUT2D eigenvalue weighted by Gasteiger charge is 2.31. The van der Waals surface area contributed by atoms with E-state index in [0.717, 1.165) is 33.0 Å². The van der Waals surface area contributed by atoms with E-state index in [-0.39, 0.29) is 18.0 Å². The van der Waals surface area contributed by atoms with Crippen molar-refractivity contribution in [3.63, 3.8) is 0 Å². The number of aromatic nitrogens is 2. The number of morpholine rings is 1. The van der Waals surface area contributed by atoms with E-state index in [4.69, 9.17) is 14.5 Å². The molecule has 1 saturated heterocycles. The number of aromatic amines is 1. The molecule has 0 spiro atoms. The number of hydrogen-bond acceptors (Lipinski definition) is 7. The van der Waals surface area contributed by atoms with Gasteiger partial charge >= 0.3 is 6.09 Å². The van der Waals surface area contributed by atoms with E-state index in [0.29, 0.717) is 45.1 Å². The molecule has 9 nitrogen and oxygen atoms in total. The highest BCUT2D eigenvalue weighted by Crippen LogP contribution is 2.29. The van der Waals surface area contributed by atoms with Crippen molar-refractivity contribution in [2.45, 2.75) is 45.4 Å². The lowest BCUT2D eigenvalue weighted by molar-refractivity contribution is -0.0290. The SMILES string of the molecule is CC(C)(C)OC(=O)N1CCOCC1CNc1nc2c(s1)CN(C(=O)c1cc3ccccc3[nH]1)CC2.